The number of benzene rings is 2. The molecule has 0 bridgehead atoms. The third kappa shape index (κ3) is 6.81. The van der Waals surface area contributed by atoms with Gasteiger partial charge in [-0.05, 0) is 76.6 Å². The van der Waals surface area contributed by atoms with Crippen LogP contribution in [-0.2, 0) is 14.3 Å². The summed E-state index contributed by atoms with van der Waals surface area (Å²) in [6, 6.07) is 14.6. The summed E-state index contributed by atoms with van der Waals surface area (Å²) in [5.41, 5.74) is 1.28. The van der Waals surface area contributed by atoms with E-state index in [1.165, 1.54) is 7.11 Å². The number of nitrogens with zero attached hydrogens (tertiary/aromatic N) is 3. The molecule has 0 spiro atoms. The zero-order valence-electron chi connectivity index (χ0n) is 24.1. The average molecular weight is 549 g/mol. The summed E-state index contributed by atoms with van der Waals surface area (Å²) in [7, 11) is 1.42. The number of fused-ring (bicyclic) bond motifs is 1. The fourth-order valence-corrected chi connectivity index (χ4v) is 5.24. The number of carbonyl (C=O) groups is 2. The van der Waals surface area contributed by atoms with Gasteiger partial charge in [0.2, 0.25) is 0 Å². The second-order valence-corrected chi connectivity index (χ2v) is 11.3. The van der Waals surface area contributed by atoms with E-state index in [0.717, 1.165) is 38.0 Å². The lowest BCUT2D eigenvalue weighted by Gasteiger charge is -2.34. The smallest absolute Gasteiger partial charge is 0.408 e. The number of esters is 1. The Kier molecular flexibility index (Phi) is 9.12. The number of aromatic nitrogens is 2. The number of piperidine rings is 1. The molecular formula is C31H40N4O5. The van der Waals surface area contributed by atoms with Gasteiger partial charge in [-0.3, -0.25) is 14.2 Å². The molecule has 40 heavy (non-hydrogen) atoms. The van der Waals surface area contributed by atoms with Crippen LogP contribution < -0.4 is 15.8 Å². The highest BCUT2D eigenvalue weighted by Gasteiger charge is 2.27. The molecule has 2 aromatic carbocycles. The summed E-state index contributed by atoms with van der Waals surface area (Å²) in [5.74, 6) is 0.724. The molecule has 1 N–H and O–H groups in total. The van der Waals surface area contributed by atoms with Crippen molar-refractivity contribution in [1.29, 1.82) is 0 Å². The first-order valence-electron chi connectivity index (χ1n) is 14.0. The lowest BCUT2D eigenvalue weighted by molar-refractivity contribution is -0.141. The van der Waals surface area contributed by atoms with Gasteiger partial charge in [-0.1, -0.05) is 31.2 Å². The van der Waals surface area contributed by atoms with Crippen LogP contribution in [0.4, 0.5) is 10.5 Å². The molecule has 2 heterocycles. The monoisotopic (exact) mass is 548 g/mol. The van der Waals surface area contributed by atoms with Gasteiger partial charge < -0.3 is 19.7 Å². The molecule has 0 unspecified atom stereocenters. The first-order valence-corrected chi connectivity index (χ1v) is 14.0. The van der Waals surface area contributed by atoms with Crippen molar-refractivity contribution >= 4 is 28.7 Å². The fourth-order valence-electron chi connectivity index (χ4n) is 5.24. The molecule has 0 radical (unpaired) electrons. The molecule has 1 fully saturated rings. The van der Waals surface area contributed by atoms with E-state index in [1.54, 1.807) is 4.57 Å². The van der Waals surface area contributed by atoms with Gasteiger partial charge in [-0.15, -0.1) is 0 Å². The summed E-state index contributed by atoms with van der Waals surface area (Å²) >= 11 is 0. The van der Waals surface area contributed by atoms with E-state index in [-0.39, 0.29) is 11.5 Å². The number of alkyl carbamates (subject to hydrolysis) is 1. The highest BCUT2D eigenvalue weighted by atomic mass is 16.6. The molecule has 1 amide bonds. The number of anilines is 1. The van der Waals surface area contributed by atoms with E-state index in [4.69, 9.17) is 14.5 Å². The Bertz CT molecular complexity index is 1390. The van der Waals surface area contributed by atoms with Crippen molar-refractivity contribution in [1.82, 2.24) is 14.9 Å². The summed E-state index contributed by atoms with van der Waals surface area (Å²) in [4.78, 5) is 45.8. The molecule has 4 rings (SSSR count). The molecule has 0 aliphatic carbocycles. The average Bonchev–Trinajstić information content (AvgIpc) is 2.94. The maximum atomic E-state index is 14.3. The standard InChI is InChI=1S/C31H40N4O5/c1-6-23(33-30(38)40-31(2,3)4)28-32-24-13-10-14-25(27(24)29(37)35(28)22-11-8-7-9-12-22)34-19-17-21(18-20-34)15-16-26(36)39-5/h7-14,21,23H,6,15-20H2,1-5H3,(H,33,38)/t23-/m0/s1. The van der Waals surface area contributed by atoms with E-state index in [2.05, 4.69) is 10.2 Å². The van der Waals surface area contributed by atoms with Gasteiger partial charge in [0.1, 0.15) is 11.4 Å². The highest BCUT2D eigenvalue weighted by molar-refractivity contribution is 5.91. The third-order valence-electron chi connectivity index (χ3n) is 7.27. The van der Waals surface area contributed by atoms with Crippen molar-refractivity contribution in [3.63, 3.8) is 0 Å². The quantitative estimate of drug-likeness (QED) is 0.369. The van der Waals surface area contributed by atoms with Crippen molar-refractivity contribution in [2.75, 3.05) is 25.1 Å². The number of hydrogen-bond donors (Lipinski definition) is 1. The predicted octanol–water partition coefficient (Wildman–Crippen LogP) is 5.53. The zero-order chi connectivity index (χ0) is 28.9. The number of amides is 1. The number of nitrogens with one attached hydrogen (secondary N) is 1. The summed E-state index contributed by atoms with van der Waals surface area (Å²) in [6.45, 7) is 8.94. The van der Waals surface area contributed by atoms with Gasteiger partial charge >= 0.3 is 12.1 Å². The van der Waals surface area contributed by atoms with E-state index < -0.39 is 17.7 Å². The largest absolute Gasteiger partial charge is 0.469 e. The van der Waals surface area contributed by atoms with Gasteiger partial charge in [0.05, 0.1) is 35.4 Å². The van der Waals surface area contributed by atoms with Crippen molar-refractivity contribution in [3.05, 3.63) is 64.7 Å². The number of hydrogen-bond acceptors (Lipinski definition) is 7. The first-order chi connectivity index (χ1) is 19.1. The molecule has 1 aromatic heterocycles. The van der Waals surface area contributed by atoms with Gasteiger partial charge in [-0.2, -0.15) is 0 Å². The Morgan fingerprint density at radius 1 is 1.07 bits per heavy atom. The summed E-state index contributed by atoms with van der Waals surface area (Å²) in [5, 5.41) is 3.47. The van der Waals surface area contributed by atoms with Gasteiger partial charge in [-0.25, -0.2) is 9.78 Å². The topological polar surface area (TPSA) is 103 Å². The predicted molar refractivity (Wildman–Crippen MR) is 156 cm³/mol. The van der Waals surface area contributed by atoms with Crippen LogP contribution in [0.3, 0.4) is 0 Å². The van der Waals surface area contributed by atoms with Crippen molar-refractivity contribution in [3.8, 4) is 5.69 Å². The molecular weight excluding hydrogens is 508 g/mol. The van der Waals surface area contributed by atoms with Crippen LogP contribution in [-0.4, -0.2) is 47.4 Å². The molecule has 9 heteroatoms. The van der Waals surface area contributed by atoms with Crippen LogP contribution in [0.15, 0.2) is 53.3 Å². The summed E-state index contributed by atoms with van der Waals surface area (Å²) in [6.07, 6.45) is 3.07. The fraction of sp³-hybridized carbons (Fsp3) is 0.484. The highest BCUT2D eigenvalue weighted by Crippen LogP contribution is 2.31. The lowest BCUT2D eigenvalue weighted by Crippen LogP contribution is -2.38. The van der Waals surface area contributed by atoms with E-state index in [9.17, 15) is 14.4 Å². The number of ether oxygens (including phenoxy) is 2. The second kappa shape index (κ2) is 12.5. The van der Waals surface area contributed by atoms with Gasteiger partial charge in [0.25, 0.3) is 5.56 Å². The minimum Gasteiger partial charge on any atom is -0.469 e. The molecule has 1 saturated heterocycles. The molecule has 1 aliphatic heterocycles. The maximum Gasteiger partial charge on any atom is 0.408 e. The van der Waals surface area contributed by atoms with Crippen LogP contribution in [0.2, 0.25) is 0 Å². The van der Waals surface area contributed by atoms with Crippen molar-refractivity contribution in [2.24, 2.45) is 5.92 Å². The molecule has 9 nitrogen and oxygen atoms in total. The minimum absolute atomic E-state index is 0.175. The molecule has 3 aromatic rings. The van der Waals surface area contributed by atoms with E-state index >= 15 is 0 Å². The Hall–Kier alpha value is -3.88. The Balaban J connectivity index is 1.73. The first kappa shape index (κ1) is 29.1. The normalized spacial score (nSPS) is 15.1. The SMILES string of the molecule is CC[C@H](NC(=O)OC(C)(C)C)c1nc2cccc(N3CCC(CCC(=O)OC)CC3)c2c(=O)n1-c1ccccc1. The number of carbonyl (C=O) groups excluding carboxylic acids is 2. The Morgan fingerprint density at radius 2 is 1.77 bits per heavy atom. The van der Waals surface area contributed by atoms with Crippen LogP contribution >= 0.6 is 0 Å². The van der Waals surface area contributed by atoms with Crippen LogP contribution in [0, 0.1) is 5.92 Å². The van der Waals surface area contributed by atoms with Crippen molar-refractivity contribution < 1.29 is 19.1 Å². The molecule has 0 saturated carbocycles. The molecule has 1 atom stereocenters. The number of methoxy groups -OCH3 is 1. The van der Waals surface area contributed by atoms with E-state index in [0.29, 0.717) is 41.2 Å². The second-order valence-electron chi connectivity index (χ2n) is 11.3. The maximum absolute atomic E-state index is 14.3. The summed E-state index contributed by atoms with van der Waals surface area (Å²) < 4.78 is 11.9. The lowest BCUT2D eigenvalue weighted by atomic mass is 9.91. The molecule has 1 aliphatic rings. The van der Waals surface area contributed by atoms with Gasteiger partial charge in [0, 0.05) is 19.5 Å². The number of para-hydroxylation sites is 1. The van der Waals surface area contributed by atoms with Crippen LogP contribution in [0.5, 0.6) is 0 Å². The Morgan fingerprint density at radius 3 is 2.40 bits per heavy atom. The number of rotatable bonds is 8. The third-order valence-corrected chi connectivity index (χ3v) is 7.27. The van der Waals surface area contributed by atoms with E-state index in [1.807, 2.05) is 76.2 Å². The molecule has 214 valence electrons. The van der Waals surface area contributed by atoms with Crippen molar-refractivity contribution in [2.45, 2.75) is 71.4 Å². The van der Waals surface area contributed by atoms with Gasteiger partial charge in [0.15, 0.2) is 0 Å². The van der Waals surface area contributed by atoms with Crippen LogP contribution in [0.1, 0.15) is 71.7 Å². The van der Waals surface area contributed by atoms with Crippen LogP contribution in [0.25, 0.3) is 16.6 Å². The Labute approximate surface area is 235 Å². The zero-order valence-corrected chi connectivity index (χ0v) is 24.1. The minimum atomic E-state index is -0.653.